The van der Waals surface area contributed by atoms with E-state index >= 15 is 0 Å². The van der Waals surface area contributed by atoms with Crippen LogP contribution in [-0.2, 0) is 21.1 Å². The maximum Gasteiger partial charge on any atom is 0.416 e. The summed E-state index contributed by atoms with van der Waals surface area (Å²) in [6.07, 6.45) is 1.09. The van der Waals surface area contributed by atoms with Crippen molar-refractivity contribution < 1.29 is 22.7 Å². The number of carbonyl (C=O) groups excluding carboxylic acids is 1. The van der Waals surface area contributed by atoms with E-state index in [4.69, 9.17) is 4.74 Å². The summed E-state index contributed by atoms with van der Waals surface area (Å²) in [7, 11) is 0. The van der Waals surface area contributed by atoms with Crippen molar-refractivity contribution in [1.29, 1.82) is 0 Å². The molecule has 166 valence electrons. The van der Waals surface area contributed by atoms with Crippen LogP contribution in [0.1, 0.15) is 56.7 Å². The Labute approximate surface area is 182 Å². The van der Waals surface area contributed by atoms with E-state index in [9.17, 15) is 18.0 Å². The third-order valence-electron chi connectivity index (χ3n) is 6.42. The van der Waals surface area contributed by atoms with Crippen LogP contribution < -0.4 is 0 Å². The number of rotatable bonds is 5. The van der Waals surface area contributed by atoms with Crippen LogP contribution in [0.15, 0.2) is 60.7 Å². The summed E-state index contributed by atoms with van der Waals surface area (Å²) in [6.45, 7) is 6.56. The van der Waals surface area contributed by atoms with Gasteiger partial charge in [0.2, 0.25) is 0 Å². The van der Waals surface area contributed by atoms with Gasteiger partial charge < -0.3 is 4.74 Å². The Morgan fingerprint density at radius 3 is 2.23 bits per heavy atom. The molecule has 3 rings (SSSR count). The minimum atomic E-state index is -4.38. The lowest BCUT2D eigenvalue weighted by Crippen LogP contribution is -2.43. The van der Waals surface area contributed by atoms with Crippen LogP contribution in [-0.4, -0.2) is 12.1 Å². The fourth-order valence-electron chi connectivity index (χ4n) is 4.50. The highest BCUT2D eigenvalue weighted by Gasteiger charge is 2.41. The zero-order chi connectivity index (χ0) is 22.6. The van der Waals surface area contributed by atoms with Crippen molar-refractivity contribution >= 4 is 12.0 Å². The lowest BCUT2D eigenvalue weighted by Gasteiger charge is -2.43. The molecule has 2 aromatic carbocycles. The van der Waals surface area contributed by atoms with E-state index in [2.05, 4.69) is 32.9 Å². The summed E-state index contributed by atoms with van der Waals surface area (Å²) >= 11 is 0. The highest BCUT2D eigenvalue weighted by molar-refractivity contribution is 5.87. The zero-order valence-electron chi connectivity index (χ0n) is 18.2. The van der Waals surface area contributed by atoms with Gasteiger partial charge in [0.05, 0.1) is 5.56 Å². The van der Waals surface area contributed by atoms with Crippen molar-refractivity contribution in [1.82, 2.24) is 0 Å². The topological polar surface area (TPSA) is 26.3 Å². The van der Waals surface area contributed by atoms with Crippen molar-refractivity contribution in [3.63, 3.8) is 0 Å². The van der Waals surface area contributed by atoms with Crippen LogP contribution in [0.2, 0.25) is 0 Å². The zero-order valence-corrected chi connectivity index (χ0v) is 18.2. The number of halogens is 3. The second-order valence-corrected chi connectivity index (χ2v) is 9.04. The molecule has 0 radical (unpaired) electrons. The molecule has 1 fully saturated rings. The smallest absolute Gasteiger partial charge is 0.416 e. The molecule has 0 bridgehead atoms. The quantitative estimate of drug-likeness (QED) is 0.375. The van der Waals surface area contributed by atoms with Crippen LogP contribution in [0.5, 0.6) is 0 Å². The maximum absolute atomic E-state index is 12.7. The number of alkyl halides is 3. The van der Waals surface area contributed by atoms with Crippen LogP contribution in [0.3, 0.4) is 0 Å². The first-order valence-electron chi connectivity index (χ1n) is 10.7. The number of benzene rings is 2. The average Bonchev–Trinajstić information content (AvgIpc) is 2.72. The van der Waals surface area contributed by atoms with Crippen molar-refractivity contribution in [2.75, 3.05) is 0 Å². The Bertz CT molecular complexity index is 898. The van der Waals surface area contributed by atoms with Crippen LogP contribution in [0.4, 0.5) is 13.2 Å². The van der Waals surface area contributed by atoms with Gasteiger partial charge in [0.15, 0.2) is 0 Å². The third kappa shape index (κ3) is 5.78. The number of esters is 1. The minimum absolute atomic E-state index is 0.149. The second kappa shape index (κ2) is 9.29. The predicted octanol–water partition coefficient (Wildman–Crippen LogP) is 7.04. The molecule has 0 spiro atoms. The van der Waals surface area contributed by atoms with Crippen molar-refractivity contribution in [2.24, 2.45) is 11.8 Å². The van der Waals surface area contributed by atoms with Gasteiger partial charge in [-0.25, -0.2) is 4.79 Å². The van der Waals surface area contributed by atoms with Gasteiger partial charge in [-0.15, -0.1) is 0 Å². The summed E-state index contributed by atoms with van der Waals surface area (Å²) in [4.78, 5) is 12.5. The largest absolute Gasteiger partial charge is 0.459 e. The molecule has 1 aliphatic carbocycles. The number of carbonyl (C=O) groups is 1. The second-order valence-electron chi connectivity index (χ2n) is 9.04. The van der Waals surface area contributed by atoms with E-state index in [1.807, 2.05) is 18.2 Å². The molecule has 1 saturated carbocycles. The van der Waals surface area contributed by atoms with Crippen LogP contribution >= 0.6 is 0 Å². The molecule has 2 aromatic rings. The summed E-state index contributed by atoms with van der Waals surface area (Å²) in [5.74, 6) is 0.196. The Morgan fingerprint density at radius 2 is 1.61 bits per heavy atom. The van der Waals surface area contributed by atoms with E-state index < -0.39 is 17.7 Å². The molecule has 0 aliphatic heterocycles. The predicted molar refractivity (Wildman–Crippen MR) is 116 cm³/mol. The first-order chi connectivity index (χ1) is 14.6. The van der Waals surface area contributed by atoms with E-state index in [0.29, 0.717) is 11.5 Å². The summed E-state index contributed by atoms with van der Waals surface area (Å²) in [5.41, 5.74) is 0.872. The van der Waals surface area contributed by atoms with Crippen molar-refractivity contribution in [3.8, 4) is 0 Å². The number of hydrogen-bond acceptors (Lipinski definition) is 2. The Morgan fingerprint density at radius 1 is 0.968 bits per heavy atom. The monoisotopic (exact) mass is 430 g/mol. The minimum Gasteiger partial charge on any atom is -0.459 e. The van der Waals surface area contributed by atoms with Gasteiger partial charge in [-0.05, 0) is 53.5 Å². The van der Waals surface area contributed by atoms with Crippen LogP contribution in [0, 0.1) is 11.8 Å². The average molecular weight is 431 g/mol. The number of hydrogen-bond donors (Lipinski definition) is 0. The Hall–Kier alpha value is -2.56. The van der Waals surface area contributed by atoms with E-state index in [0.717, 1.165) is 31.4 Å². The molecule has 0 amide bonds. The molecule has 5 heteroatoms. The van der Waals surface area contributed by atoms with E-state index in [1.54, 1.807) is 0 Å². The van der Waals surface area contributed by atoms with Crippen molar-refractivity contribution in [3.05, 3.63) is 77.4 Å². The van der Waals surface area contributed by atoms with Gasteiger partial charge in [-0.1, -0.05) is 69.7 Å². The summed E-state index contributed by atoms with van der Waals surface area (Å²) in [6, 6.07) is 15.0. The Kier molecular flexibility index (Phi) is 6.93. The van der Waals surface area contributed by atoms with Crippen molar-refractivity contribution in [2.45, 2.75) is 57.7 Å². The molecule has 0 heterocycles. The first-order valence-corrected chi connectivity index (χ1v) is 10.7. The molecular formula is C26H29F3O2. The van der Waals surface area contributed by atoms with Gasteiger partial charge in [-0.3, -0.25) is 0 Å². The molecule has 3 atom stereocenters. The fraction of sp³-hybridized carbons (Fsp3) is 0.423. The normalized spacial score (nSPS) is 22.5. The number of ether oxygens (including phenoxy) is 1. The fourth-order valence-corrected chi connectivity index (χ4v) is 4.50. The molecule has 0 unspecified atom stereocenters. The standard InChI is InChI=1S/C26H29F3O2/c1-18-9-15-22(25(2,3)20-7-5-4-6-8-20)23(17-18)31-24(30)16-12-19-10-13-21(14-11-19)26(27,28)29/h4-8,10-14,16,18,22-23H,9,15,17H2,1-3H3/b16-12+/t18-,22-,23-/m1/s1. The maximum atomic E-state index is 12.7. The van der Waals surface area contributed by atoms with E-state index in [1.165, 1.54) is 29.8 Å². The molecule has 0 aromatic heterocycles. The van der Waals surface area contributed by atoms with Crippen LogP contribution in [0.25, 0.3) is 6.08 Å². The third-order valence-corrected chi connectivity index (χ3v) is 6.42. The van der Waals surface area contributed by atoms with Gasteiger partial charge in [0, 0.05) is 12.0 Å². The van der Waals surface area contributed by atoms with Gasteiger partial charge in [0.25, 0.3) is 0 Å². The molecule has 2 nitrogen and oxygen atoms in total. The van der Waals surface area contributed by atoms with Gasteiger partial charge in [-0.2, -0.15) is 13.2 Å². The highest BCUT2D eigenvalue weighted by Crippen LogP contribution is 2.43. The SMILES string of the molecule is C[C@@H]1CC[C@@H](C(C)(C)c2ccccc2)[C@H](OC(=O)/C=C/c2ccc(C(F)(F)F)cc2)C1. The lowest BCUT2D eigenvalue weighted by atomic mass is 9.64. The van der Waals surface area contributed by atoms with E-state index in [-0.39, 0.29) is 17.4 Å². The Balaban J connectivity index is 1.71. The first kappa shape index (κ1) is 23.1. The summed E-state index contributed by atoms with van der Waals surface area (Å²) < 4.78 is 43.9. The summed E-state index contributed by atoms with van der Waals surface area (Å²) in [5, 5.41) is 0. The van der Waals surface area contributed by atoms with Gasteiger partial charge in [0.1, 0.15) is 6.10 Å². The van der Waals surface area contributed by atoms with Gasteiger partial charge >= 0.3 is 12.1 Å². The molecule has 0 N–H and O–H groups in total. The molecule has 0 saturated heterocycles. The lowest BCUT2D eigenvalue weighted by molar-refractivity contribution is -0.150. The highest BCUT2D eigenvalue weighted by atomic mass is 19.4. The molecule has 31 heavy (non-hydrogen) atoms. The molecular weight excluding hydrogens is 401 g/mol. The molecule has 1 aliphatic rings.